The lowest BCUT2D eigenvalue weighted by atomic mass is 10.1. The predicted molar refractivity (Wildman–Crippen MR) is 75.0 cm³/mol. The van der Waals surface area contributed by atoms with E-state index in [1.165, 1.54) is 31.4 Å². The standard InChI is InChI=1S/C15H12FNO3S/c1-20-13-3-2-4-14(8-13)21(18,19)10-11-5-6-15(16)12(7-11)9-17/h2-8H,10H2,1H3. The molecule has 0 saturated heterocycles. The van der Waals surface area contributed by atoms with Crippen molar-refractivity contribution >= 4 is 9.84 Å². The number of hydrogen-bond donors (Lipinski definition) is 0. The van der Waals surface area contributed by atoms with Crippen molar-refractivity contribution in [1.29, 1.82) is 5.26 Å². The van der Waals surface area contributed by atoms with Gasteiger partial charge in [-0.1, -0.05) is 12.1 Å². The van der Waals surface area contributed by atoms with Gasteiger partial charge in [0.15, 0.2) is 9.84 Å². The molecular weight excluding hydrogens is 293 g/mol. The first kappa shape index (κ1) is 15.0. The molecule has 0 N–H and O–H groups in total. The monoisotopic (exact) mass is 305 g/mol. The Morgan fingerprint density at radius 1 is 1.24 bits per heavy atom. The molecule has 0 aromatic heterocycles. The number of nitrogens with zero attached hydrogens (tertiary/aromatic N) is 1. The Morgan fingerprint density at radius 2 is 2.00 bits per heavy atom. The summed E-state index contributed by atoms with van der Waals surface area (Å²) in [6.45, 7) is 0. The average Bonchev–Trinajstić information content (AvgIpc) is 2.49. The lowest BCUT2D eigenvalue weighted by molar-refractivity contribution is 0.413. The first-order chi connectivity index (χ1) is 9.96. The minimum absolute atomic E-state index is 0.115. The van der Waals surface area contributed by atoms with Crippen LogP contribution >= 0.6 is 0 Å². The van der Waals surface area contributed by atoms with Gasteiger partial charge in [-0.05, 0) is 35.9 Å². The van der Waals surface area contributed by atoms with Crippen molar-refractivity contribution in [2.45, 2.75) is 10.6 Å². The fourth-order valence-corrected chi connectivity index (χ4v) is 3.21. The Bertz CT molecular complexity index is 810. The number of benzene rings is 2. The Hall–Kier alpha value is -2.39. The fraction of sp³-hybridized carbons (Fsp3) is 0.133. The van der Waals surface area contributed by atoms with Crippen LogP contribution in [0.15, 0.2) is 47.4 Å². The van der Waals surface area contributed by atoms with Gasteiger partial charge in [-0.3, -0.25) is 0 Å². The van der Waals surface area contributed by atoms with Gasteiger partial charge in [0.25, 0.3) is 0 Å². The molecule has 4 nitrogen and oxygen atoms in total. The van der Waals surface area contributed by atoms with Gasteiger partial charge in [0.1, 0.15) is 17.6 Å². The van der Waals surface area contributed by atoms with Crippen molar-refractivity contribution in [3.63, 3.8) is 0 Å². The average molecular weight is 305 g/mol. The van der Waals surface area contributed by atoms with Crippen molar-refractivity contribution in [3.8, 4) is 11.8 Å². The number of methoxy groups -OCH3 is 1. The molecular formula is C15H12FNO3S. The maximum atomic E-state index is 13.2. The minimum Gasteiger partial charge on any atom is -0.497 e. The van der Waals surface area contributed by atoms with Gasteiger partial charge >= 0.3 is 0 Å². The highest BCUT2D eigenvalue weighted by Crippen LogP contribution is 2.22. The van der Waals surface area contributed by atoms with Crippen molar-refractivity contribution in [2.24, 2.45) is 0 Å². The van der Waals surface area contributed by atoms with E-state index in [0.717, 1.165) is 6.07 Å². The number of sulfone groups is 1. The molecule has 2 rings (SSSR count). The third kappa shape index (κ3) is 3.38. The van der Waals surface area contributed by atoms with Gasteiger partial charge in [0, 0.05) is 0 Å². The third-order valence-electron chi connectivity index (χ3n) is 2.91. The van der Waals surface area contributed by atoms with Gasteiger partial charge in [0.05, 0.1) is 23.3 Å². The van der Waals surface area contributed by atoms with E-state index in [2.05, 4.69) is 0 Å². The van der Waals surface area contributed by atoms with Crippen LogP contribution in [-0.4, -0.2) is 15.5 Å². The van der Waals surface area contributed by atoms with Gasteiger partial charge < -0.3 is 4.74 Å². The molecule has 0 aliphatic rings. The zero-order valence-electron chi connectivity index (χ0n) is 11.2. The maximum Gasteiger partial charge on any atom is 0.182 e. The minimum atomic E-state index is -3.60. The van der Waals surface area contributed by atoms with Crippen molar-refractivity contribution in [3.05, 3.63) is 59.4 Å². The first-order valence-electron chi connectivity index (χ1n) is 6.01. The number of halogens is 1. The molecule has 0 radical (unpaired) electrons. The molecule has 0 fully saturated rings. The summed E-state index contributed by atoms with van der Waals surface area (Å²) in [6.07, 6.45) is 0. The predicted octanol–water partition coefficient (Wildman–Crippen LogP) is 2.68. The first-order valence-corrected chi connectivity index (χ1v) is 7.67. The Kier molecular flexibility index (Phi) is 4.24. The fourth-order valence-electron chi connectivity index (χ4n) is 1.85. The molecule has 0 saturated carbocycles. The summed E-state index contributed by atoms with van der Waals surface area (Å²) in [7, 11) is -2.15. The zero-order chi connectivity index (χ0) is 15.5. The summed E-state index contributed by atoms with van der Waals surface area (Å²) in [5.41, 5.74) is 0.184. The van der Waals surface area contributed by atoms with Crippen LogP contribution in [0.5, 0.6) is 5.75 Å². The molecule has 2 aromatic rings. The summed E-state index contributed by atoms with van der Waals surface area (Å²) in [5.74, 6) is -0.539. The molecule has 108 valence electrons. The van der Waals surface area contributed by atoms with Crippen LogP contribution in [0.1, 0.15) is 11.1 Å². The maximum absolute atomic E-state index is 13.2. The highest BCUT2D eigenvalue weighted by molar-refractivity contribution is 7.90. The highest BCUT2D eigenvalue weighted by Gasteiger charge is 2.17. The number of rotatable bonds is 4. The van der Waals surface area contributed by atoms with Crippen LogP contribution in [0.4, 0.5) is 4.39 Å². The molecule has 0 spiro atoms. The summed E-state index contributed by atoms with van der Waals surface area (Å²) in [4.78, 5) is 0.115. The smallest absolute Gasteiger partial charge is 0.182 e. The summed E-state index contributed by atoms with van der Waals surface area (Å²) in [6, 6.07) is 11.5. The molecule has 0 atom stereocenters. The van der Waals surface area contributed by atoms with Crippen molar-refractivity contribution < 1.29 is 17.5 Å². The van der Waals surface area contributed by atoms with Crippen LogP contribution in [0, 0.1) is 17.1 Å². The number of hydrogen-bond acceptors (Lipinski definition) is 4. The normalized spacial score (nSPS) is 10.9. The van der Waals surface area contributed by atoms with Crippen LogP contribution in [0.3, 0.4) is 0 Å². The summed E-state index contributed by atoms with van der Waals surface area (Å²) in [5, 5.41) is 8.77. The van der Waals surface area contributed by atoms with Crippen LogP contribution in [0.25, 0.3) is 0 Å². The van der Waals surface area contributed by atoms with Gasteiger partial charge in [-0.2, -0.15) is 5.26 Å². The Labute approximate surface area is 122 Å². The lowest BCUT2D eigenvalue weighted by Gasteiger charge is -2.07. The zero-order valence-corrected chi connectivity index (χ0v) is 12.0. The molecule has 0 heterocycles. The lowest BCUT2D eigenvalue weighted by Crippen LogP contribution is -2.05. The molecule has 2 aromatic carbocycles. The van der Waals surface area contributed by atoms with Crippen LogP contribution in [-0.2, 0) is 15.6 Å². The van der Waals surface area contributed by atoms with Crippen LogP contribution < -0.4 is 4.74 Å². The van der Waals surface area contributed by atoms with E-state index in [0.29, 0.717) is 11.3 Å². The summed E-state index contributed by atoms with van der Waals surface area (Å²) >= 11 is 0. The molecule has 21 heavy (non-hydrogen) atoms. The molecule has 0 unspecified atom stereocenters. The second kappa shape index (κ2) is 5.94. The van der Waals surface area contributed by atoms with E-state index < -0.39 is 15.7 Å². The second-order valence-corrected chi connectivity index (χ2v) is 6.35. The van der Waals surface area contributed by atoms with E-state index in [1.807, 2.05) is 0 Å². The van der Waals surface area contributed by atoms with Crippen molar-refractivity contribution in [2.75, 3.05) is 7.11 Å². The van der Waals surface area contributed by atoms with E-state index in [4.69, 9.17) is 10.00 Å². The molecule has 0 aliphatic carbocycles. The number of nitriles is 1. The molecule has 6 heteroatoms. The van der Waals surface area contributed by atoms with E-state index in [1.54, 1.807) is 18.2 Å². The van der Waals surface area contributed by atoms with Gasteiger partial charge in [0.2, 0.25) is 0 Å². The molecule has 0 amide bonds. The summed E-state index contributed by atoms with van der Waals surface area (Å²) < 4.78 is 42.9. The Morgan fingerprint density at radius 3 is 2.67 bits per heavy atom. The molecule has 0 aliphatic heterocycles. The third-order valence-corrected chi connectivity index (χ3v) is 4.59. The molecule has 0 bridgehead atoms. The second-order valence-electron chi connectivity index (χ2n) is 4.36. The Balaban J connectivity index is 2.35. The van der Waals surface area contributed by atoms with E-state index in [-0.39, 0.29) is 16.2 Å². The van der Waals surface area contributed by atoms with Crippen LogP contribution in [0.2, 0.25) is 0 Å². The topological polar surface area (TPSA) is 67.2 Å². The highest BCUT2D eigenvalue weighted by atomic mass is 32.2. The largest absolute Gasteiger partial charge is 0.497 e. The van der Waals surface area contributed by atoms with E-state index in [9.17, 15) is 12.8 Å². The number of ether oxygens (including phenoxy) is 1. The SMILES string of the molecule is COc1cccc(S(=O)(=O)Cc2ccc(F)c(C#N)c2)c1. The van der Waals surface area contributed by atoms with E-state index >= 15 is 0 Å². The van der Waals surface area contributed by atoms with Gasteiger partial charge in [-0.15, -0.1) is 0 Å². The van der Waals surface area contributed by atoms with Crippen molar-refractivity contribution in [1.82, 2.24) is 0 Å². The van der Waals surface area contributed by atoms with Gasteiger partial charge in [-0.25, -0.2) is 12.8 Å². The quantitative estimate of drug-likeness (QED) is 0.871.